The van der Waals surface area contributed by atoms with Gasteiger partial charge in [-0.25, -0.2) is 0 Å². The van der Waals surface area contributed by atoms with Crippen molar-refractivity contribution in [3.8, 4) is 11.1 Å². The molecule has 32 heavy (non-hydrogen) atoms. The van der Waals surface area contributed by atoms with E-state index in [2.05, 4.69) is 40.7 Å². The predicted octanol–water partition coefficient (Wildman–Crippen LogP) is 5.61. The fraction of sp³-hybridized carbons (Fsp3) is 0.481. The van der Waals surface area contributed by atoms with Crippen molar-refractivity contribution in [3.05, 3.63) is 58.6 Å². The van der Waals surface area contributed by atoms with Crippen LogP contribution in [0.3, 0.4) is 0 Å². The lowest BCUT2D eigenvalue weighted by Crippen LogP contribution is -2.43. The zero-order valence-corrected chi connectivity index (χ0v) is 20.1. The first-order valence-corrected chi connectivity index (χ1v) is 11.9. The Labute approximate surface area is 194 Å². The number of fused-ring (bicyclic) bond motifs is 3. The molecule has 0 radical (unpaired) electrons. The third kappa shape index (κ3) is 3.11. The van der Waals surface area contributed by atoms with Gasteiger partial charge in [0.25, 0.3) is 0 Å². The van der Waals surface area contributed by atoms with Crippen LogP contribution in [-0.4, -0.2) is 34.3 Å². The Kier molecular flexibility index (Phi) is 4.94. The number of halogens is 1. The lowest BCUT2D eigenvalue weighted by molar-refractivity contribution is -0.200. The van der Waals surface area contributed by atoms with Gasteiger partial charge in [0.05, 0.1) is 12.0 Å². The van der Waals surface area contributed by atoms with Crippen molar-refractivity contribution in [2.24, 2.45) is 11.3 Å². The van der Waals surface area contributed by atoms with Crippen LogP contribution in [0.5, 0.6) is 0 Å². The molecule has 0 spiro atoms. The first-order chi connectivity index (χ1) is 15.0. The number of ketones is 2. The van der Waals surface area contributed by atoms with E-state index < -0.39 is 17.9 Å². The Morgan fingerprint density at radius 1 is 1.00 bits per heavy atom. The SMILES string of the molecule is CCc1ccc(-c2ccc(Cl)cc2)cc1C1C(=O)C2ON3C(C2C1=O)C(C)(C)CC3(C)C. The molecule has 0 amide bonds. The van der Waals surface area contributed by atoms with Crippen LogP contribution in [-0.2, 0) is 20.8 Å². The highest BCUT2D eigenvalue weighted by molar-refractivity contribution is 6.30. The quantitative estimate of drug-likeness (QED) is 0.568. The Morgan fingerprint density at radius 3 is 2.31 bits per heavy atom. The van der Waals surface area contributed by atoms with E-state index in [1.165, 1.54) is 0 Å². The molecule has 2 heterocycles. The van der Waals surface area contributed by atoms with Crippen molar-refractivity contribution in [1.29, 1.82) is 0 Å². The summed E-state index contributed by atoms with van der Waals surface area (Å²) in [4.78, 5) is 33.7. The van der Waals surface area contributed by atoms with E-state index in [-0.39, 0.29) is 28.6 Å². The second-order valence-electron chi connectivity index (χ2n) is 10.8. The summed E-state index contributed by atoms with van der Waals surface area (Å²) < 4.78 is 0. The number of rotatable bonds is 3. The van der Waals surface area contributed by atoms with Crippen LogP contribution >= 0.6 is 11.6 Å². The summed E-state index contributed by atoms with van der Waals surface area (Å²) >= 11 is 6.05. The molecule has 3 fully saturated rings. The average molecular weight is 452 g/mol. The molecule has 0 bridgehead atoms. The van der Waals surface area contributed by atoms with E-state index in [1.807, 2.05) is 41.5 Å². The van der Waals surface area contributed by atoms with E-state index >= 15 is 0 Å². The van der Waals surface area contributed by atoms with E-state index in [0.29, 0.717) is 5.02 Å². The van der Waals surface area contributed by atoms with Gasteiger partial charge in [0, 0.05) is 10.6 Å². The number of benzene rings is 2. The van der Waals surface area contributed by atoms with Gasteiger partial charge in [-0.3, -0.25) is 14.4 Å². The van der Waals surface area contributed by atoms with Crippen LogP contribution in [0.2, 0.25) is 5.02 Å². The van der Waals surface area contributed by atoms with Crippen molar-refractivity contribution < 1.29 is 14.4 Å². The van der Waals surface area contributed by atoms with Crippen LogP contribution < -0.4 is 0 Å². The molecule has 5 heteroatoms. The highest BCUT2D eigenvalue weighted by atomic mass is 35.5. The minimum atomic E-state index is -0.756. The first kappa shape index (κ1) is 21.8. The summed E-state index contributed by atoms with van der Waals surface area (Å²) in [6.07, 6.45) is 1.00. The highest BCUT2D eigenvalue weighted by Crippen LogP contribution is 2.57. The van der Waals surface area contributed by atoms with Crippen LogP contribution in [0.1, 0.15) is 58.1 Å². The number of hydrogen-bond donors (Lipinski definition) is 0. The molecule has 2 aromatic rings. The Bertz CT molecular complexity index is 1100. The van der Waals surface area contributed by atoms with Gasteiger partial charge in [-0.1, -0.05) is 56.6 Å². The molecule has 2 saturated heterocycles. The van der Waals surface area contributed by atoms with E-state index in [9.17, 15) is 9.59 Å². The van der Waals surface area contributed by atoms with Gasteiger partial charge >= 0.3 is 0 Å². The molecule has 0 N–H and O–H groups in total. The Morgan fingerprint density at radius 2 is 1.66 bits per heavy atom. The molecule has 2 aromatic carbocycles. The van der Waals surface area contributed by atoms with Crippen molar-refractivity contribution in [2.45, 2.75) is 71.1 Å². The molecular formula is C27H30ClNO3. The summed E-state index contributed by atoms with van der Waals surface area (Å²) in [7, 11) is 0. The zero-order chi connectivity index (χ0) is 23.0. The maximum Gasteiger partial charge on any atom is 0.179 e. The van der Waals surface area contributed by atoms with Crippen LogP contribution in [0.25, 0.3) is 11.1 Å². The number of Topliss-reactive ketones (excluding diaryl/α,β-unsaturated/α-hetero) is 2. The second-order valence-corrected chi connectivity index (χ2v) is 11.2. The lowest BCUT2D eigenvalue weighted by atomic mass is 9.75. The molecule has 4 unspecified atom stereocenters. The highest BCUT2D eigenvalue weighted by Gasteiger charge is 2.68. The molecule has 1 aliphatic carbocycles. The van der Waals surface area contributed by atoms with Crippen molar-refractivity contribution in [2.75, 3.05) is 0 Å². The maximum atomic E-state index is 13.9. The number of aryl methyl sites for hydroxylation is 1. The largest absolute Gasteiger partial charge is 0.298 e. The summed E-state index contributed by atoms with van der Waals surface area (Å²) in [5, 5.41) is 2.64. The van der Waals surface area contributed by atoms with Crippen LogP contribution in [0.15, 0.2) is 42.5 Å². The molecule has 1 saturated carbocycles. The van der Waals surface area contributed by atoms with Crippen molar-refractivity contribution >= 4 is 23.2 Å². The van der Waals surface area contributed by atoms with Crippen molar-refractivity contribution in [3.63, 3.8) is 0 Å². The van der Waals surface area contributed by atoms with Gasteiger partial charge in [0.15, 0.2) is 11.6 Å². The lowest BCUT2D eigenvalue weighted by Gasteiger charge is -2.31. The first-order valence-electron chi connectivity index (χ1n) is 11.5. The van der Waals surface area contributed by atoms with Gasteiger partial charge in [-0.05, 0) is 72.6 Å². The number of carbonyl (C=O) groups excluding carboxylic acids is 2. The minimum Gasteiger partial charge on any atom is -0.298 e. The second kappa shape index (κ2) is 7.24. The Hall–Kier alpha value is -2.01. The summed E-state index contributed by atoms with van der Waals surface area (Å²) in [5.41, 5.74) is 3.56. The normalized spacial score (nSPS) is 30.6. The number of hydrogen-bond acceptors (Lipinski definition) is 4. The van der Waals surface area contributed by atoms with Crippen LogP contribution in [0, 0.1) is 11.3 Å². The molecule has 0 aromatic heterocycles. The van der Waals surface area contributed by atoms with E-state index in [0.717, 1.165) is 35.1 Å². The number of nitrogens with zero attached hydrogens (tertiary/aromatic N) is 1. The topological polar surface area (TPSA) is 46.6 Å². The molecule has 3 aliphatic rings. The monoisotopic (exact) mass is 451 g/mol. The standard InChI is InChI=1S/C27H30ClNO3/c1-6-15-7-8-17(16-9-11-18(28)12-10-16)13-19(15)20-22(30)21-24(23(20)31)32-29-25(21)26(2,3)14-27(29,4)5/h7-13,20-21,24-25H,6,14H2,1-5H3. The van der Waals surface area contributed by atoms with Crippen LogP contribution in [0.4, 0.5) is 0 Å². The third-order valence-corrected chi connectivity index (χ3v) is 7.88. The molecule has 4 atom stereocenters. The van der Waals surface area contributed by atoms with Gasteiger partial charge < -0.3 is 0 Å². The molecule has 2 aliphatic heterocycles. The van der Waals surface area contributed by atoms with Gasteiger partial charge in [0.1, 0.15) is 12.0 Å². The minimum absolute atomic E-state index is 0.0150. The fourth-order valence-electron chi connectivity index (χ4n) is 6.53. The third-order valence-electron chi connectivity index (χ3n) is 7.62. The summed E-state index contributed by atoms with van der Waals surface area (Å²) in [6, 6.07) is 13.7. The molecule has 5 rings (SSSR count). The molecular weight excluding hydrogens is 422 g/mol. The smallest absolute Gasteiger partial charge is 0.179 e. The van der Waals surface area contributed by atoms with Gasteiger partial charge in [-0.2, -0.15) is 5.06 Å². The predicted molar refractivity (Wildman–Crippen MR) is 125 cm³/mol. The molecule has 168 valence electrons. The fourth-order valence-corrected chi connectivity index (χ4v) is 6.66. The van der Waals surface area contributed by atoms with Gasteiger partial charge in [0.2, 0.25) is 0 Å². The Balaban J connectivity index is 1.56. The maximum absolute atomic E-state index is 13.9. The number of hydroxylamine groups is 2. The average Bonchev–Trinajstić information content (AvgIpc) is 3.31. The van der Waals surface area contributed by atoms with E-state index in [4.69, 9.17) is 16.4 Å². The zero-order valence-electron chi connectivity index (χ0n) is 19.3. The van der Waals surface area contributed by atoms with E-state index in [1.54, 1.807) is 0 Å². The van der Waals surface area contributed by atoms with Crippen molar-refractivity contribution in [1.82, 2.24) is 5.06 Å². The summed E-state index contributed by atoms with van der Waals surface area (Å²) in [5.74, 6) is -1.24. The van der Waals surface area contributed by atoms with Gasteiger partial charge in [-0.15, -0.1) is 0 Å². The summed E-state index contributed by atoms with van der Waals surface area (Å²) in [6.45, 7) is 10.7. The number of carbonyl (C=O) groups is 2. The molecule has 4 nitrogen and oxygen atoms in total.